The number of nitrogens with zero attached hydrogens (tertiary/aromatic N) is 3. The molecule has 20 heavy (non-hydrogen) atoms. The number of carbonyl (C=O) groups is 1. The number of hydrogen-bond donors (Lipinski definition) is 1. The number of nitro benzene ring substituents is 1. The van der Waals surface area contributed by atoms with Crippen molar-refractivity contribution in [2.45, 2.75) is 0 Å². The van der Waals surface area contributed by atoms with Crippen LogP contribution in [0.15, 0.2) is 30.3 Å². The van der Waals surface area contributed by atoms with Gasteiger partial charge in [0.1, 0.15) is 11.5 Å². The van der Waals surface area contributed by atoms with E-state index in [1.54, 1.807) is 0 Å². The number of anilines is 1. The van der Waals surface area contributed by atoms with E-state index < -0.39 is 22.3 Å². The van der Waals surface area contributed by atoms with Crippen LogP contribution >= 0.6 is 11.6 Å². The largest absolute Gasteiger partial charge is 0.315 e. The van der Waals surface area contributed by atoms with Crippen LogP contribution in [0.1, 0.15) is 10.5 Å². The molecule has 0 saturated carbocycles. The lowest BCUT2D eigenvalue weighted by atomic mass is 10.2. The lowest BCUT2D eigenvalue weighted by Gasteiger charge is -2.05. The molecule has 0 atom stereocenters. The molecule has 0 unspecified atom stereocenters. The van der Waals surface area contributed by atoms with Gasteiger partial charge in [0.15, 0.2) is 10.8 Å². The summed E-state index contributed by atoms with van der Waals surface area (Å²) in [5.74, 6) is -1.48. The molecule has 1 aromatic heterocycles. The van der Waals surface area contributed by atoms with Gasteiger partial charge in [-0.25, -0.2) is 4.39 Å². The van der Waals surface area contributed by atoms with Gasteiger partial charge in [0.2, 0.25) is 0 Å². The summed E-state index contributed by atoms with van der Waals surface area (Å²) in [4.78, 5) is 21.9. The molecule has 0 bridgehead atoms. The maximum Gasteiger partial charge on any atom is 0.292 e. The lowest BCUT2D eigenvalue weighted by Crippen LogP contribution is -2.15. The summed E-state index contributed by atoms with van der Waals surface area (Å²) in [6.45, 7) is 0. The van der Waals surface area contributed by atoms with Crippen molar-refractivity contribution in [2.24, 2.45) is 0 Å². The molecule has 1 amide bonds. The highest BCUT2D eigenvalue weighted by Gasteiger charge is 2.18. The van der Waals surface area contributed by atoms with Crippen molar-refractivity contribution in [3.05, 3.63) is 57.1 Å². The highest BCUT2D eigenvalue weighted by Crippen LogP contribution is 2.25. The fraction of sp³-hybridized carbons (Fsp3) is 0. The standard InChI is InChI=1S/C11H6ClFN4O3/c12-10-4-2-7(15-16-10)11(18)14-8-5-6(13)1-3-9(8)17(19)20/h1-5H,(H,14,18). The molecular weight excluding hydrogens is 291 g/mol. The molecule has 9 heteroatoms. The smallest absolute Gasteiger partial charge is 0.292 e. The summed E-state index contributed by atoms with van der Waals surface area (Å²) in [5, 5.41) is 20.1. The highest BCUT2D eigenvalue weighted by molar-refractivity contribution is 6.29. The fourth-order valence-electron chi connectivity index (χ4n) is 1.39. The van der Waals surface area contributed by atoms with Crippen molar-refractivity contribution in [1.82, 2.24) is 10.2 Å². The highest BCUT2D eigenvalue weighted by atomic mass is 35.5. The summed E-state index contributed by atoms with van der Waals surface area (Å²) in [6, 6.07) is 5.35. The van der Waals surface area contributed by atoms with Gasteiger partial charge < -0.3 is 5.32 Å². The molecule has 0 saturated heterocycles. The number of halogens is 2. The monoisotopic (exact) mass is 296 g/mol. The van der Waals surface area contributed by atoms with Gasteiger partial charge in [-0.2, -0.15) is 0 Å². The fourth-order valence-corrected chi connectivity index (χ4v) is 1.49. The molecule has 2 rings (SSSR count). The number of benzene rings is 1. The number of aromatic nitrogens is 2. The van der Waals surface area contributed by atoms with Crippen molar-refractivity contribution in [2.75, 3.05) is 5.32 Å². The lowest BCUT2D eigenvalue weighted by molar-refractivity contribution is -0.384. The number of nitro groups is 1. The van der Waals surface area contributed by atoms with Gasteiger partial charge in [0, 0.05) is 12.1 Å². The van der Waals surface area contributed by atoms with Crippen molar-refractivity contribution in [1.29, 1.82) is 0 Å². The molecule has 7 nitrogen and oxygen atoms in total. The molecular formula is C11H6ClFN4O3. The maximum absolute atomic E-state index is 13.1. The summed E-state index contributed by atoms with van der Waals surface area (Å²) < 4.78 is 13.1. The Bertz CT molecular complexity index is 678. The zero-order chi connectivity index (χ0) is 14.7. The molecule has 0 radical (unpaired) electrons. The third-order valence-corrected chi connectivity index (χ3v) is 2.47. The van der Waals surface area contributed by atoms with Gasteiger partial charge in [-0.05, 0) is 18.2 Å². The van der Waals surface area contributed by atoms with E-state index in [9.17, 15) is 19.3 Å². The Hall–Kier alpha value is -2.61. The number of rotatable bonds is 3. The predicted octanol–water partition coefficient (Wildman–Crippen LogP) is 2.43. The van der Waals surface area contributed by atoms with Gasteiger partial charge in [-0.1, -0.05) is 11.6 Å². The van der Waals surface area contributed by atoms with E-state index in [-0.39, 0.29) is 16.5 Å². The zero-order valence-electron chi connectivity index (χ0n) is 9.71. The van der Waals surface area contributed by atoms with Crippen LogP contribution in [0.4, 0.5) is 15.8 Å². The Morgan fingerprint density at radius 3 is 2.65 bits per heavy atom. The summed E-state index contributed by atoms with van der Waals surface area (Å²) in [7, 11) is 0. The molecule has 102 valence electrons. The van der Waals surface area contributed by atoms with Crippen LogP contribution in [0.3, 0.4) is 0 Å². The molecule has 1 aromatic carbocycles. The number of nitrogens with one attached hydrogen (secondary N) is 1. The van der Waals surface area contributed by atoms with Gasteiger partial charge in [-0.15, -0.1) is 10.2 Å². The van der Waals surface area contributed by atoms with Crippen molar-refractivity contribution < 1.29 is 14.1 Å². The Kier molecular flexibility index (Phi) is 3.85. The first-order valence-corrected chi connectivity index (χ1v) is 5.59. The van der Waals surface area contributed by atoms with E-state index in [0.29, 0.717) is 0 Å². The average molecular weight is 297 g/mol. The van der Waals surface area contributed by atoms with Crippen LogP contribution in [0.5, 0.6) is 0 Å². The zero-order valence-corrected chi connectivity index (χ0v) is 10.5. The topological polar surface area (TPSA) is 98.0 Å². The van der Waals surface area contributed by atoms with Crippen LogP contribution in [0.25, 0.3) is 0 Å². The van der Waals surface area contributed by atoms with Crippen LogP contribution in [-0.4, -0.2) is 21.0 Å². The van der Waals surface area contributed by atoms with Crippen LogP contribution in [-0.2, 0) is 0 Å². The Morgan fingerprint density at radius 1 is 1.30 bits per heavy atom. The first-order chi connectivity index (χ1) is 9.47. The van der Waals surface area contributed by atoms with Gasteiger partial charge in [-0.3, -0.25) is 14.9 Å². The molecule has 0 fully saturated rings. The molecule has 0 spiro atoms. The van der Waals surface area contributed by atoms with E-state index in [1.807, 2.05) is 0 Å². The molecule has 1 N–H and O–H groups in total. The van der Waals surface area contributed by atoms with E-state index in [1.165, 1.54) is 12.1 Å². The van der Waals surface area contributed by atoms with Crippen molar-refractivity contribution in [3.63, 3.8) is 0 Å². The quantitative estimate of drug-likeness (QED) is 0.693. The minimum Gasteiger partial charge on any atom is -0.315 e. The van der Waals surface area contributed by atoms with Crippen LogP contribution < -0.4 is 5.32 Å². The molecule has 2 aromatic rings. The van der Waals surface area contributed by atoms with E-state index in [0.717, 1.165) is 18.2 Å². The first-order valence-electron chi connectivity index (χ1n) is 5.22. The van der Waals surface area contributed by atoms with E-state index in [4.69, 9.17) is 11.6 Å². The molecule has 0 aliphatic rings. The minimum atomic E-state index is -0.761. The number of hydrogen-bond acceptors (Lipinski definition) is 5. The minimum absolute atomic E-state index is 0.0956. The third kappa shape index (κ3) is 3.04. The summed E-state index contributed by atoms with van der Waals surface area (Å²) >= 11 is 5.52. The van der Waals surface area contributed by atoms with E-state index >= 15 is 0 Å². The van der Waals surface area contributed by atoms with Crippen molar-refractivity contribution in [3.8, 4) is 0 Å². The second kappa shape index (κ2) is 5.57. The van der Waals surface area contributed by atoms with Crippen LogP contribution in [0.2, 0.25) is 5.15 Å². The van der Waals surface area contributed by atoms with Gasteiger partial charge in [0.05, 0.1) is 4.92 Å². The molecule has 1 heterocycles. The SMILES string of the molecule is O=C(Nc1cc(F)ccc1[N+](=O)[O-])c1ccc(Cl)nn1. The van der Waals surface area contributed by atoms with Gasteiger partial charge in [0.25, 0.3) is 11.6 Å². The molecule has 0 aliphatic heterocycles. The maximum atomic E-state index is 13.1. The second-order valence-corrected chi connectivity index (χ2v) is 4.00. The number of amides is 1. The van der Waals surface area contributed by atoms with Crippen LogP contribution in [0, 0.1) is 15.9 Å². The van der Waals surface area contributed by atoms with E-state index in [2.05, 4.69) is 15.5 Å². The number of carbonyl (C=O) groups excluding carboxylic acids is 1. The predicted molar refractivity (Wildman–Crippen MR) is 68.0 cm³/mol. The second-order valence-electron chi connectivity index (χ2n) is 3.61. The summed E-state index contributed by atoms with van der Waals surface area (Å²) in [5.41, 5.74) is -0.800. The Morgan fingerprint density at radius 2 is 2.05 bits per heavy atom. The van der Waals surface area contributed by atoms with Crippen molar-refractivity contribution >= 4 is 28.9 Å². The first kappa shape index (κ1) is 13.8. The Balaban J connectivity index is 2.29. The molecule has 0 aliphatic carbocycles. The Labute approximate surface area is 116 Å². The van der Waals surface area contributed by atoms with Gasteiger partial charge >= 0.3 is 0 Å². The average Bonchev–Trinajstić information content (AvgIpc) is 2.39. The summed E-state index contributed by atoms with van der Waals surface area (Å²) in [6.07, 6.45) is 0. The normalized spacial score (nSPS) is 10.1. The third-order valence-electron chi connectivity index (χ3n) is 2.27.